The lowest BCUT2D eigenvalue weighted by atomic mass is 10.0. The van der Waals surface area contributed by atoms with Crippen LogP contribution in [0.5, 0.6) is 0 Å². The van der Waals surface area contributed by atoms with E-state index in [1.165, 1.54) is 0 Å². The summed E-state index contributed by atoms with van der Waals surface area (Å²) in [6.45, 7) is 4.75. The maximum absolute atomic E-state index is 9.27. The molecular formula is C7H15BNO2. The average Bonchev–Trinajstić information content (AvgIpc) is 1.95. The maximum atomic E-state index is 9.27. The van der Waals surface area contributed by atoms with E-state index in [0.717, 1.165) is 19.4 Å². The first-order valence-corrected chi connectivity index (χ1v) is 4.13. The van der Waals surface area contributed by atoms with Crippen LogP contribution in [0.25, 0.3) is 0 Å². The van der Waals surface area contributed by atoms with E-state index < -0.39 is 0 Å². The molecule has 0 aromatic carbocycles. The van der Waals surface area contributed by atoms with E-state index in [1.807, 2.05) is 11.9 Å². The zero-order chi connectivity index (χ0) is 8.27. The Bertz CT molecular complexity index is 123. The predicted octanol–water partition coefficient (Wildman–Crippen LogP) is 0.430. The molecule has 0 amide bonds. The van der Waals surface area contributed by atoms with Gasteiger partial charge in [-0.1, -0.05) is 6.82 Å². The number of nitrogens with zero attached hydrogens (tertiary/aromatic N) is 1. The summed E-state index contributed by atoms with van der Waals surface area (Å²) in [5.41, 5.74) is 0. The lowest BCUT2D eigenvalue weighted by Crippen LogP contribution is -2.42. The molecule has 0 aromatic rings. The van der Waals surface area contributed by atoms with Gasteiger partial charge in [-0.15, -0.1) is 0 Å². The van der Waals surface area contributed by atoms with Gasteiger partial charge in [-0.3, -0.25) is 0 Å². The largest absolute Gasteiger partial charge is 0.393 e. The summed E-state index contributed by atoms with van der Waals surface area (Å²) in [6.07, 6.45) is 1.49. The normalized spacial score (nSPS) is 33.7. The number of aliphatic hydroxyl groups excluding tert-OH is 1. The average molecular weight is 156 g/mol. The molecule has 0 unspecified atom stereocenters. The highest BCUT2D eigenvalue weighted by Gasteiger charge is 2.23. The van der Waals surface area contributed by atoms with Crippen molar-refractivity contribution in [3.8, 4) is 0 Å². The van der Waals surface area contributed by atoms with Gasteiger partial charge in [-0.25, -0.2) is 5.06 Å². The fourth-order valence-corrected chi connectivity index (χ4v) is 1.42. The highest BCUT2D eigenvalue weighted by atomic mass is 16.6. The lowest BCUT2D eigenvalue weighted by Gasteiger charge is -2.34. The van der Waals surface area contributed by atoms with Crippen molar-refractivity contribution < 1.29 is 9.86 Å². The second-order valence-electron chi connectivity index (χ2n) is 3.01. The molecule has 0 saturated carbocycles. The minimum Gasteiger partial charge on any atom is -0.393 e. The van der Waals surface area contributed by atoms with Crippen molar-refractivity contribution in [3.05, 3.63) is 0 Å². The Morgan fingerprint density at radius 1 is 1.64 bits per heavy atom. The second-order valence-corrected chi connectivity index (χ2v) is 3.01. The van der Waals surface area contributed by atoms with Crippen molar-refractivity contribution in [1.29, 1.82) is 0 Å². The standard InChI is InChI=1S/C7H15BNO2/c1-6-5-7(10)3-4-9(6)11-8-2/h6-7,10H,3-5H2,1-2H3/t6-,7+/m1/s1. The Morgan fingerprint density at radius 3 is 2.91 bits per heavy atom. The predicted molar refractivity (Wildman–Crippen MR) is 44.1 cm³/mol. The number of hydrogen-bond donors (Lipinski definition) is 1. The van der Waals surface area contributed by atoms with Crippen LogP contribution in [0.3, 0.4) is 0 Å². The third kappa shape index (κ3) is 2.47. The highest BCUT2D eigenvalue weighted by Crippen LogP contribution is 2.16. The summed E-state index contributed by atoms with van der Waals surface area (Å²) in [6, 6.07) is 0.329. The number of piperidine rings is 1. The van der Waals surface area contributed by atoms with Gasteiger partial charge >= 0.3 is 7.48 Å². The van der Waals surface area contributed by atoms with Crippen LogP contribution in [-0.2, 0) is 4.76 Å². The molecule has 1 fully saturated rings. The van der Waals surface area contributed by atoms with E-state index in [2.05, 4.69) is 6.92 Å². The summed E-state index contributed by atoms with van der Waals surface area (Å²) < 4.78 is 5.24. The Hall–Kier alpha value is -0.0551. The molecule has 1 N–H and O–H groups in total. The molecule has 0 spiro atoms. The molecule has 63 valence electrons. The molecular weight excluding hydrogens is 141 g/mol. The van der Waals surface area contributed by atoms with Crippen LogP contribution in [0.2, 0.25) is 6.82 Å². The molecule has 1 aliphatic rings. The molecule has 11 heavy (non-hydrogen) atoms. The van der Waals surface area contributed by atoms with Crippen LogP contribution < -0.4 is 0 Å². The minimum absolute atomic E-state index is 0.137. The lowest BCUT2D eigenvalue weighted by molar-refractivity contribution is -0.127. The van der Waals surface area contributed by atoms with Gasteiger partial charge in [0.25, 0.3) is 0 Å². The van der Waals surface area contributed by atoms with Crippen LogP contribution in [0.15, 0.2) is 0 Å². The zero-order valence-corrected chi connectivity index (χ0v) is 7.16. The van der Waals surface area contributed by atoms with Gasteiger partial charge < -0.3 is 9.86 Å². The summed E-state index contributed by atoms with van der Waals surface area (Å²) >= 11 is 0. The van der Waals surface area contributed by atoms with Gasteiger partial charge in [0, 0.05) is 12.6 Å². The molecule has 1 saturated heterocycles. The number of hydrogen-bond acceptors (Lipinski definition) is 3. The molecule has 0 aromatic heterocycles. The van der Waals surface area contributed by atoms with Gasteiger partial charge in [0.2, 0.25) is 0 Å². The van der Waals surface area contributed by atoms with E-state index in [0.29, 0.717) is 6.04 Å². The Labute approximate surface area is 68.6 Å². The van der Waals surface area contributed by atoms with Gasteiger partial charge in [0.05, 0.1) is 6.10 Å². The van der Waals surface area contributed by atoms with Crippen LogP contribution in [0.1, 0.15) is 19.8 Å². The first-order valence-electron chi connectivity index (χ1n) is 4.13. The minimum atomic E-state index is -0.137. The van der Waals surface area contributed by atoms with Crippen LogP contribution >= 0.6 is 0 Å². The Morgan fingerprint density at radius 2 is 2.36 bits per heavy atom. The Balaban J connectivity index is 2.31. The van der Waals surface area contributed by atoms with Crippen molar-refractivity contribution in [1.82, 2.24) is 5.06 Å². The number of rotatable bonds is 2. The quantitative estimate of drug-likeness (QED) is 0.588. The topological polar surface area (TPSA) is 32.7 Å². The monoisotopic (exact) mass is 156 g/mol. The highest BCUT2D eigenvalue weighted by molar-refractivity contribution is 6.24. The van der Waals surface area contributed by atoms with Crippen molar-refractivity contribution >= 4 is 7.48 Å². The number of hydroxylamine groups is 2. The van der Waals surface area contributed by atoms with E-state index >= 15 is 0 Å². The van der Waals surface area contributed by atoms with E-state index in [1.54, 1.807) is 7.48 Å². The molecule has 0 bridgehead atoms. The third-order valence-electron chi connectivity index (χ3n) is 2.03. The van der Waals surface area contributed by atoms with Crippen molar-refractivity contribution in [2.45, 2.75) is 38.7 Å². The fourth-order valence-electron chi connectivity index (χ4n) is 1.42. The second kappa shape index (κ2) is 4.09. The molecule has 2 atom stereocenters. The molecule has 0 aliphatic carbocycles. The van der Waals surface area contributed by atoms with Gasteiger partial charge in [-0.05, 0) is 19.8 Å². The smallest absolute Gasteiger partial charge is 0.321 e. The molecule has 1 radical (unpaired) electrons. The van der Waals surface area contributed by atoms with Crippen molar-refractivity contribution in [3.63, 3.8) is 0 Å². The summed E-state index contributed by atoms with van der Waals surface area (Å²) in [5.74, 6) is 0. The SMILES string of the molecule is C[B]ON1CC[C@H](O)C[C@H]1C. The van der Waals surface area contributed by atoms with Crippen LogP contribution in [0.4, 0.5) is 0 Å². The molecule has 3 nitrogen and oxygen atoms in total. The van der Waals surface area contributed by atoms with Gasteiger partial charge in [0.15, 0.2) is 0 Å². The van der Waals surface area contributed by atoms with Crippen molar-refractivity contribution in [2.75, 3.05) is 6.54 Å². The molecule has 1 aliphatic heterocycles. The van der Waals surface area contributed by atoms with E-state index in [-0.39, 0.29) is 6.10 Å². The fraction of sp³-hybridized carbons (Fsp3) is 1.00. The Kier molecular flexibility index (Phi) is 3.36. The number of aliphatic hydroxyl groups is 1. The summed E-state index contributed by atoms with van der Waals surface area (Å²) in [7, 11) is 1.67. The summed E-state index contributed by atoms with van der Waals surface area (Å²) in [4.78, 5) is 0. The first-order chi connectivity index (χ1) is 5.24. The van der Waals surface area contributed by atoms with E-state index in [9.17, 15) is 5.11 Å². The van der Waals surface area contributed by atoms with Gasteiger partial charge in [0.1, 0.15) is 0 Å². The maximum Gasteiger partial charge on any atom is 0.321 e. The van der Waals surface area contributed by atoms with Crippen molar-refractivity contribution in [2.24, 2.45) is 0 Å². The first kappa shape index (κ1) is 9.04. The third-order valence-corrected chi connectivity index (χ3v) is 2.03. The van der Waals surface area contributed by atoms with Crippen LogP contribution in [0, 0.1) is 0 Å². The van der Waals surface area contributed by atoms with Gasteiger partial charge in [-0.2, -0.15) is 0 Å². The van der Waals surface area contributed by atoms with E-state index in [4.69, 9.17) is 4.76 Å². The summed E-state index contributed by atoms with van der Waals surface area (Å²) in [5, 5.41) is 11.2. The molecule has 1 rings (SSSR count). The zero-order valence-electron chi connectivity index (χ0n) is 7.16. The van der Waals surface area contributed by atoms with Crippen LogP contribution in [-0.4, -0.2) is 36.3 Å². The molecule has 4 heteroatoms. The molecule has 1 heterocycles.